The van der Waals surface area contributed by atoms with Crippen LogP contribution in [0.5, 0.6) is 0 Å². The first-order chi connectivity index (χ1) is 8.69. The number of hydrogen-bond donors (Lipinski definition) is 1. The first-order valence-corrected chi connectivity index (χ1v) is 8.14. The first kappa shape index (κ1) is 14.0. The van der Waals surface area contributed by atoms with Crippen LogP contribution in [-0.4, -0.2) is 29.5 Å². The smallest absolute Gasteiger partial charge is 0.0635 e. The monoisotopic (exact) mass is 284 g/mol. The Morgan fingerprint density at radius 3 is 2.94 bits per heavy atom. The van der Waals surface area contributed by atoms with Crippen molar-refractivity contribution in [2.24, 2.45) is 0 Å². The van der Waals surface area contributed by atoms with Crippen molar-refractivity contribution in [2.45, 2.75) is 31.1 Å². The summed E-state index contributed by atoms with van der Waals surface area (Å²) in [4.78, 5) is 2.53. The molecule has 2 nitrogen and oxygen atoms in total. The SMILES string of the molecule is CSC1CCCN(Cc2ccc(Cl)c(N)c2)CC1. The summed E-state index contributed by atoms with van der Waals surface area (Å²) in [5, 5.41) is 1.49. The third-order valence-corrected chi connectivity index (χ3v) is 5.05. The van der Waals surface area contributed by atoms with Crippen LogP contribution >= 0.6 is 23.4 Å². The van der Waals surface area contributed by atoms with Gasteiger partial charge < -0.3 is 5.73 Å². The van der Waals surface area contributed by atoms with Crippen molar-refractivity contribution >= 4 is 29.1 Å². The van der Waals surface area contributed by atoms with Crippen LogP contribution in [0, 0.1) is 0 Å². The zero-order valence-corrected chi connectivity index (χ0v) is 12.4. The van der Waals surface area contributed by atoms with Crippen LogP contribution in [0.2, 0.25) is 5.02 Å². The maximum absolute atomic E-state index is 5.95. The number of nitrogens with zero attached hydrogens (tertiary/aromatic N) is 1. The van der Waals surface area contributed by atoms with Gasteiger partial charge in [0.05, 0.1) is 10.7 Å². The van der Waals surface area contributed by atoms with Gasteiger partial charge in [-0.2, -0.15) is 11.8 Å². The van der Waals surface area contributed by atoms with E-state index in [9.17, 15) is 0 Å². The standard InChI is InChI=1S/C14H21ClN2S/c1-18-12-3-2-7-17(8-6-12)10-11-4-5-13(15)14(16)9-11/h4-5,9,12H,2-3,6-8,10,16H2,1H3. The Hall–Kier alpha value is -0.380. The van der Waals surface area contributed by atoms with Crippen LogP contribution in [0.4, 0.5) is 5.69 Å². The van der Waals surface area contributed by atoms with Gasteiger partial charge in [0.1, 0.15) is 0 Å². The summed E-state index contributed by atoms with van der Waals surface area (Å²) in [5.74, 6) is 0. The van der Waals surface area contributed by atoms with E-state index in [2.05, 4.69) is 17.2 Å². The highest BCUT2D eigenvalue weighted by atomic mass is 35.5. The van der Waals surface area contributed by atoms with Gasteiger partial charge in [0.2, 0.25) is 0 Å². The van der Waals surface area contributed by atoms with Gasteiger partial charge in [0, 0.05) is 11.8 Å². The Morgan fingerprint density at radius 2 is 2.22 bits per heavy atom. The second-order valence-corrected chi connectivity index (χ2v) is 6.47. The number of anilines is 1. The number of benzene rings is 1. The second-order valence-electron chi connectivity index (χ2n) is 4.92. The molecule has 18 heavy (non-hydrogen) atoms. The summed E-state index contributed by atoms with van der Waals surface area (Å²) >= 11 is 7.95. The van der Waals surface area contributed by atoms with Gasteiger partial charge in [-0.05, 0) is 56.3 Å². The number of rotatable bonds is 3. The van der Waals surface area contributed by atoms with E-state index in [-0.39, 0.29) is 0 Å². The summed E-state index contributed by atoms with van der Waals surface area (Å²) in [5.41, 5.74) is 7.80. The summed E-state index contributed by atoms with van der Waals surface area (Å²) in [6.07, 6.45) is 6.17. The highest BCUT2D eigenvalue weighted by molar-refractivity contribution is 7.99. The van der Waals surface area contributed by atoms with Gasteiger partial charge in [-0.15, -0.1) is 0 Å². The van der Waals surface area contributed by atoms with Crippen LogP contribution in [-0.2, 0) is 6.54 Å². The molecule has 1 aliphatic heterocycles. The van der Waals surface area contributed by atoms with Crippen molar-refractivity contribution in [3.05, 3.63) is 28.8 Å². The highest BCUT2D eigenvalue weighted by Crippen LogP contribution is 2.24. The lowest BCUT2D eigenvalue weighted by molar-refractivity contribution is 0.277. The van der Waals surface area contributed by atoms with E-state index in [1.54, 1.807) is 0 Å². The molecule has 1 aromatic rings. The molecular weight excluding hydrogens is 264 g/mol. The summed E-state index contributed by atoms with van der Waals surface area (Å²) < 4.78 is 0. The van der Waals surface area contributed by atoms with Crippen LogP contribution in [0.1, 0.15) is 24.8 Å². The number of nitrogens with two attached hydrogens (primary N) is 1. The van der Waals surface area contributed by atoms with E-state index >= 15 is 0 Å². The normalized spacial score (nSPS) is 21.8. The maximum Gasteiger partial charge on any atom is 0.0635 e. The molecule has 1 heterocycles. The molecule has 0 saturated carbocycles. The highest BCUT2D eigenvalue weighted by Gasteiger charge is 2.16. The molecule has 0 amide bonds. The largest absolute Gasteiger partial charge is 0.398 e. The molecule has 0 bridgehead atoms. The van der Waals surface area contributed by atoms with E-state index in [1.807, 2.05) is 23.9 Å². The molecule has 0 aromatic heterocycles. The number of likely N-dealkylation sites (tertiary alicyclic amines) is 1. The molecule has 1 aliphatic rings. The Kier molecular flexibility index (Phi) is 5.22. The number of nitrogen functional groups attached to an aromatic ring is 1. The Labute approximate surface area is 119 Å². The van der Waals surface area contributed by atoms with Gasteiger partial charge in [-0.1, -0.05) is 17.7 Å². The molecule has 1 saturated heterocycles. The van der Waals surface area contributed by atoms with Crippen molar-refractivity contribution in [2.75, 3.05) is 25.1 Å². The molecule has 1 fully saturated rings. The first-order valence-electron chi connectivity index (χ1n) is 6.48. The number of hydrogen-bond acceptors (Lipinski definition) is 3. The molecular formula is C14H21ClN2S. The third-order valence-electron chi connectivity index (χ3n) is 3.57. The van der Waals surface area contributed by atoms with Crippen molar-refractivity contribution in [1.82, 2.24) is 4.90 Å². The summed E-state index contributed by atoms with van der Waals surface area (Å²) in [6, 6.07) is 5.98. The van der Waals surface area contributed by atoms with Crippen molar-refractivity contribution < 1.29 is 0 Å². The molecule has 2 N–H and O–H groups in total. The Balaban J connectivity index is 1.94. The molecule has 2 rings (SSSR count). The summed E-state index contributed by atoms with van der Waals surface area (Å²) in [6.45, 7) is 3.37. The minimum Gasteiger partial charge on any atom is -0.398 e. The zero-order valence-electron chi connectivity index (χ0n) is 10.9. The van der Waals surface area contributed by atoms with Gasteiger partial charge in [-0.3, -0.25) is 4.90 Å². The van der Waals surface area contributed by atoms with Crippen LogP contribution in [0.15, 0.2) is 18.2 Å². The lowest BCUT2D eigenvalue weighted by Gasteiger charge is -2.20. The fourth-order valence-corrected chi connectivity index (χ4v) is 3.33. The van der Waals surface area contributed by atoms with Crippen molar-refractivity contribution in [1.29, 1.82) is 0 Å². The van der Waals surface area contributed by atoms with Crippen molar-refractivity contribution in [3.63, 3.8) is 0 Å². The third kappa shape index (κ3) is 3.81. The Bertz CT molecular complexity index is 397. The average Bonchev–Trinajstić information content (AvgIpc) is 2.59. The van der Waals surface area contributed by atoms with E-state index in [1.165, 1.54) is 37.9 Å². The predicted octanol–water partition coefficient (Wildman–Crippen LogP) is 3.64. The van der Waals surface area contributed by atoms with E-state index < -0.39 is 0 Å². The quantitative estimate of drug-likeness (QED) is 0.860. The molecule has 1 atom stereocenters. The molecule has 100 valence electrons. The van der Waals surface area contributed by atoms with E-state index in [0.717, 1.165) is 11.8 Å². The second kappa shape index (κ2) is 6.69. The summed E-state index contributed by atoms with van der Waals surface area (Å²) in [7, 11) is 0. The number of thioether (sulfide) groups is 1. The molecule has 1 aromatic carbocycles. The minimum atomic E-state index is 0.650. The van der Waals surface area contributed by atoms with Crippen LogP contribution < -0.4 is 5.73 Å². The fraction of sp³-hybridized carbons (Fsp3) is 0.571. The number of halogens is 1. The van der Waals surface area contributed by atoms with Crippen LogP contribution in [0.25, 0.3) is 0 Å². The fourth-order valence-electron chi connectivity index (χ4n) is 2.47. The van der Waals surface area contributed by atoms with E-state index in [4.69, 9.17) is 17.3 Å². The predicted molar refractivity (Wildman–Crippen MR) is 82.3 cm³/mol. The van der Waals surface area contributed by atoms with Gasteiger partial charge in [0.25, 0.3) is 0 Å². The zero-order chi connectivity index (χ0) is 13.0. The van der Waals surface area contributed by atoms with Gasteiger partial charge in [0.15, 0.2) is 0 Å². The minimum absolute atomic E-state index is 0.650. The van der Waals surface area contributed by atoms with Crippen molar-refractivity contribution in [3.8, 4) is 0 Å². The maximum atomic E-state index is 5.95. The van der Waals surface area contributed by atoms with E-state index in [0.29, 0.717) is 10.7 Å². The molecule has 0 radical (unpaired) electrons. The lowest BCUT2D eigenvalue weighted by Crippen LogP contribution is -2.24. The van der Waals surface area contributed by atoms with Gasteiger partial charge in [-0.25, -0.2) is 0 Å². The Morgan fingerprint density at radius 1 is 1.39 bits per heavy atom. The molecule has 1 unspecified atom stereocenters. The average molecular weight is 285 g/mol. The van der Waals surface area contributed by atoms with Crippen LogP contribution in [0.3, 0.4) is 0 Å². The molecule has 0 spiro atoms. The molecule has 4 heteroatoms. The van der Waals surface area contributed by atoms with Gasteiger partial charge >= 0.3 is 0 Å². The molecule has 0 aliphatic carbocycles. The topological polar surface area (TPSA) is 29.3 Å². The lowest BCUT2D eigenvalue weighted by atomic mass is 10.2.